The summed E-state index contributed by atoms with van der Waals surface area (Å²) in [6.45, 7) is 2.11. The molecule has 2 heterocycles. The van der Waals surface area contributed by atoms with Crippen LogP contribution in [0.3, 0.4) is 0 Å². The minimum absolute atomic E-state index is 1.05. The molecule has 1 aromatic carbocycles. The predicted molar refractivity (Wildman–Crippen MR) is 59.7 cm³/mol. The average molecular weight is 197 g/mol. The smallest absolute Gasteiger partial charge is 0.141 e. The van der Waals surface area contributed by atoms with Crippen molar-refractivity contribution in [1.82, 2.24) is 14.6 Å². The van der Waals surface area contributed by atoms with Crippen molar-refractivity contribution in [2.24, 2.45) is 0 Å². The van der Waals surface area contributed by atoms with Gasteiger partial charge in [0.05, 0.1) is 6.20 Å². The molecular weight excluding hydrogens is 186 g/mol. The van der Waals surface area contributed by atoms with Crippen LogP contribution in [0, 0.1) is 6.92 Å². The quantitative estimate of drug-likeness (QED) is 0.639. The summed E-state index contributed by atoms with van der Waals surface area (Å²) in [5.41, 5.74) is 4.69. The number of hydrogen-bond acceptors (Lipinski definition) is 1. The number of aromatic nitrogens is 3. The van der Waals surface area contributed by atoms with Crippen LogP contribution in [0.2, 0.25) is 0 Å². The first kappa shape index (κ1) is 8.29. The molecule has 3 aromatic rings. The van der Waals surface area contributed by atoms with E-state index in [0.29, 0.717) is 0 Å². The second-order valence-electron chi connectivity index (χ2n) is 3.63. The third kappa shape index (κ3) is 1.16. The van der Waals surface area contributed by atoms with Crippen LogP contribution < -0.4 is 0 Å². The number of H-pyrrole nitrogens is 1. The molecule has 0 fully saturated rings. The van der Waals surface area contributed by atoms with Gasteiger partial charge < -0.3 is 4.98 Å². The van der Waals surface area contributed by atoms with Crippen molar-refractivity contribution in [3.8, 4) is 11.1 Å². The van der Waals surface area contributed by atoms with E-state index in [1.54, 1.807) is 0 Å². The summed E-state index contributed by atoms with van der Waals surface area (Å²) >= 11 is 0. The van der Waals surface area contributed by atoms with Crippen LogP contribution in [0.25, 0.3) is 16.8 Å². The number of aryl methyl sites for hydroxylation is 1. The first-order chi connectivity index (χ1) is 7.36. The van der Waals surface area contributed by atoms with E-state index in [0.717, 1.165) is 11.2 Å². The van der Waals surface area contributed by atoms with Crippen LogP contribution >= 0.6 is 0 Å². The van der Waals surface area contributed by atoms with Crippen LogP contribution in [-0.4, -0.2) is 14.6 Å². The molecule has 0 spiro atoms. The van der Waals surface area contributed by atoms with Crippen molar-refractivity contribution >= 4 is 5.65 Å². The maximum Gasteiger partial charge on any atom is 0.141 e. The van der Waals surface area contributed by atoms with E-state index in [-0.39, 0.29) is 0 Å². The molecule has 0 aliphatic rings. The second-order valence-corrected chi connectivity index (χ2v) is 3.63. The van der Waals surface area contributed by atoms with Crippen LogP contribution in [0.15, 0.2) is 42.9 Å². The van der Waals surface area contributed by atoms with E-state index in [1.807, 2.05) is 29.2 Å². The minimum atomic E-state index is 1.05. The Labute approximate surface area is 87.4 Å². The number of rotatable bonds is 1. The van der Waals surface area contributed by atoms with Crippen LogP contribution in [0.1, 0.15) is 5.56 Å². The van der Waals surface area contributed by atoms with Crippen molar-refractivity contribution in [3.05, 3.63) is 48.4 Å². The van der Waals surface area contributed by atoms with Gasteiger partial charge in [-0.1, -0.05) is 24.3 Å². The molecule has 3 rings (SSSR count). The van der Waals surface area contributed by atoms with Crippen LogP contribution in [0.5, 0.6) is 0 Å². The summed E-state index contributed by atoms with van der Waals surface area (Å²) in [4.78, 5) is 3.19. The molecule has 1 N–H and O–H groups in total. The Kier molecular flexibility index (Phi) is 1.65. The van der Waals surface area contributed by atoms with Crippen LogP contribution in [0.4, 0.5) is 0 Å². The summed E-state index contributed by atoms with van der Waals surface area (Å²) in [6, 6.07) is 8.33. The molecule has 0 bridgehead atoms. The molecule has 0 unspecified atom stereocenters. The largest absolute Gasteiger partial charge is 0.345 e. The van der Waals surface area contributed by atoms with E-state index < -0.39 is 0 Å². The van der Waals surface area contributed by atoms with Gasteiger partial charge in [0.2, 0.25) is 0 Å². The van der Waals surface area contributed by atoms with E-state index in [2.05, 4.69) is 35.2 Å². The molecule has 3 nitrogen and oxygen atoms in total. The van der Waals surface area contributed by atoms with Gasteiger partial charge >= 0.3 is 0 Å². The molecule has 15 heavy (non-hydrogen) atoms. The molecule has 0 radical (unpaired) electrons. The molecule has 2 aromatic heterocycles. The third-order valence-corrected chi connectivity index (χ3v) is 2.67. The van der Waals surface area contributed by atoms with Crippen molar-refractivity contribution in [2.45, 2.75) is 6.92 Å². The normalized spacial score (nSPS) is 11.0. The van der Waals surface area contributed by atoms with Gasteiger partial charge in [0.1, 0.15) is 5.65 Å². The number of hydrogen-bond donors (Lipinski definition) is 1. The van der Waals surface area contributed by atoms with Gasteiger partial charge in [0.15, 0.2) is 0 Å². The highest BCUT2D eigenvalue weighted by molar-refractivity contribution is 5.78. The number of nitrogens with zero attached hydrogens (tertiary/aromatic N) is 2. The first-order valence-electron chi connectivity index (χ1n) is 4.93. The highest BCUT2D eigenvalue weighted by Gasteiger charge is 2.08. The Morgan fingerprint density at radius 1 is 1.20 bits per heavy atom. The van der Waals surface area contributed by atoms with Crippen molar-refractivity contribution in [2.75, 3.05) is 0 Å². The highest BCUT2D eigenvalue weighted by Crippen LogP contribution is 2.25. The number of benzene rings is 1. The molecular formula is C12H11N3. The Balaban J connectivity index is 2.31. The monoisotopic (exact) mass is 197 g/mol. The first-order valence-corrected chi connectivity index (χ1v) is 4.93. The lowest BCUT2D eigenvalue weighted by atomic mass is 10.0. The molecule has 74 valence electrons. The maximum atomic E-state index is 4.28. The summed E-state index contributed by atoms with van der Waals surface area (Å²) in [5, 5.41) is 4.28. The van der Waals surface area contributed by atoms with E-state index in [9.17, 15) is 0 Å². The predicted octanol–water partition coefficient (Wildman–Crippen LogP) is 2.64. The van der Waals surface area contributed by atoms with Crippen molar-refractivity contribution in [3.63, 3.8) is 0 Å². The molecule has 0 saturated heterocycles. The van der Waals surface area contributed by atoms with Crippen molar-refractivity contribution in [1.29, 1.82) is 0 Å². The standard InChI is InChI=1S/C12H11N3/c1-9-4-2-3-5-10(9)11-8-14-15-7-6-13-12(11)15/h2-8,13H,1H3. The Hall–Kier alpha value is -2.03. The van der Waals surface area contributed by atoms with E-state index in [1.165, 1.54) is 11.1 Å². The SMILES string of the molecule is Cc1ccccc1-c1cnn2cc[nH]c12. The molecule has 0 atom stereocenters. The van der Waals surface area contributed by atoms with E-state index >= 15 is 0 Å². The topological polar surface area (TPSA) is 33.1 Å². The Morgan fingerprint density at radius 2 is 2.07 bits per heavy atom. The summed E-state index contributed by atoms with van der Waals surface area (Å²) < 4.78 is 1.85. The molecule has 0 aliphatic carbocycles. The lowest BCUT2D eigenvalue weighted by molar-refractivity contribution is 0.973. The van der Waals surface area contributed by atoms with Crippen LogP contribution in [-0.2, 0) is 0 Å². The molecule has 0 saturated carbocycles. The zero-order chi connectivity index (χ0) is 10.3. The average Bonchev–Trinajstić information content (AvgIpc) is 2.80. The zero-order valence-electron chi connectivity index (χ0n) is 8.44. The molecule has 0 aliphatic heterocycles. The molecule has 3 heteroatoms. The van der Waals surface area contributed by atoms with Gasteiger partial charge in [0.25, 0.3) is 0 Å². The van der Waals surface area contributed by atoms with Gasteiger partial charge in [-0.25, -0.2) is 4.52 Å². The Bertz CT molecular complexity index is 604. The number of imidazole rings is 1. The number of aromatic amines is 1. The summed E-state index contributed by atoms with van der Waals surface area (Å²) in [7, 11) is 0. The third-order valence-electron chi connectivity index (χ3n) is 2.67. The van der Waals surface area contributed by atoms with E-state index in [4.69, 9.17) is 0 Å². The number of nitrogens with one attached hydrogen (secondary N) is 1. The highest BCUT2D eigenvalue weighted by atomic mass is 15.2. The minimum Gasteiger partial charge on any atom is -0.345 e. The van der Waals surface area contributed by atoms with Gasteiger partial charge in [-0.3, -0.25) is 0 Å². The second kappa shape index (κ2) is 2.98. The van der Waals surface area contributed by atoms with Gasteiger partial charge in [-0.2, -0.15) is 5.10 Å². The van der Waals surface area contributed by atoms with Gasteiger partial charge in [0, 0.05) is 18.0 Å². The van der Waals surface area contributed by atoms with Gasteiger partial charge in [-0.05, 0) is 18.1 Å². The lowest BCUT2D eigenvalue weighted by Gasteiger charge is -2.01. The van der Waals surface area contributed by atoms with Gasteiger partial charge in [-0.15, -0.1) is 0 Å². The lowest BCUT2D eigenvalue weighted by Crippen LogP contribution is -1.82. The summed E-state index contributed by atoms with van der Waals surface area (Å²) in [5.74, 6) is 0. The fourth-order valence-corrected chi connectivity index (χ4v) is 1.88. The Morgan fingerprint density at radius 3 is 2.93 bits per heavy atom. The fourth-order valence-electron chi connectivity index (χ4n) is 1.88. The van der Waals surface area contributed by atoms with Crippen molar-refractivity contribution < 1.29 is 0 Å². The molecule has 0 amide bonds. The summed E-state index contributed by atoms with van der Waals surface area (Å²) in [6.07, 6.45) is 5.70. The fraction of sp³-hybridized carbons (Fsp3) is 0.0833. The number of fused-ring (bicyclic) bond motifs is 1. The zero-order valence-corrected chi connectivity index (χ0v) is 8.44. The maximum absolute atomic E-state index is 4.28.